The minimum absolute atomic E-state index is 0.0543. The zero-order chi connectivity index (χ0) is 17.2. The number of nitrogens with zero attached hydrogens (tertiary/aromatic N) is 1. The van der Waals surface area contributed by atoms with Crippen molar-refractivity contribution < 1.29 is 4.92 Å². The summed E-state index contributed by atoms with van der Waals surface area (Å²) in [5.74, 6) is 0. The minimum atomic E-state index is -0.506. The Morgan fingerprint density at radius 1 is 1.17 bits per heavy atom. The summed E-state index contributed by atoms with van der Waals surface area (Å²) in [5, 5.41) is 12.5. The van der Waals surface area contributed by atoms with E-state index in [1.54, 1.807) is 0 Å². The Bertz CT molecular complexity index is 711. The second kappa shape index (κ2) is 4.83. The van der Waals surface area contributed by atoms with Gasteiger partial charge in [-0.25, -0.2) is 0 Å². The van der Waals surface area contributed by atoms with Gasteiger partial charge in [-0.05, 0) is 50.3 Å². The van der Waals surface area contributed by atoms with Crippen LogP contribution in [0.1, 0.15) is 46.6 Å². The number of hydrogen-bond acceptors (Lipinski definition) is 2. The molecule has 0 unspecified atom stereocenters. The predicted octanol–water partition coefficient (Wildman–Crippen LogP) is 5.30. The Kier molecular flexibility index (Phi) is 3.46. The fraction of sp³-hybridized carbons (Fsp3) is 0.579. The van der Waals surface area contributed by atoms with E-state index in [9.17, 15) is 10.1 Å². The maximum atomic E-state index is 11.7. The summed E-state index contributed by atoms with van der Waals surface area (Å²) < 4.78 is 0. The molecule has 2 bridgehead atoms. The van der Waals surface area contributed by atoms with E-state index in [0.717, 1.165) is 11.4 Å². The fourth-order valence-corrected chi connectivity index (χ4v) is 5.59. The zero-order valence-electron chi connectivity index (χ0n) is 14.4. The van der Waals surface area contributed by atoms with Gasteiger partial charge in [-0.2, -0.15) is 0 Å². The van der Waals surface area contributed by atoms with Crippen LogP contribution in [0.3, 0.4) is 0 Å². The van der Waals surface area contributed by atoms with E-state index in [0.29, 0.717) is 6.42 Å². The molecule has 3 rings (SSSR count). The van der Waals surface area contributed by atoms with Crippen LogP contribution in [0.4, 0.5) is 0 Å². The molecule has 0 amide bonds. The maximum Gasteiger partial charge on any atom is 0.223 e. The lowest BCUT2D eigenvalue weighted by molar-refractivity contribution is -0.538. The van der Waals surface area contributed by atoms with Gasteiger partial charge in [-0.3, -0.25) is 10.1 Å². The number of hydrogen-bond donors (Lipinski definition) is 0. The third kappa shape index (κ3) is 1.83. The summed E-state index contributed by atoms with van der Waals surface area (Å²) in [7, 11) is 0. The van der Waals surface area contributed by atoms with Crippen LogP contribution >= 0.6 is 11.6 Å². The van der Waals surface area contributed by atoms with E-state index in [1.165, 1.54) is 16.7 Å². The summed E-state index contributed by atoms with van der Waals surface area (Å²) >= 11 is 6.00. The smallest absolute Gasteiger partial charge is 0.223 e. The first-order valence-electron chi connectivity index (χ1n) is 8.14. The van der Waals surface area contributed by atoms with E-state index in [1.807, 2.05) is 24.3 Å². The van der Waals surface area contributed by atoms with Crippen molar-refractivity contribution in [1.29, 1.82) is 0 Å². The van der Waals surface area contributed by atoms with Gasteiger partial charge in [-0.1, -0.05) is 48.7 Å². The van der Waals surface area contributed by atoms with Crippen molar-refractivity contribution in [2.45, 2.75) is 53.5 Å². The molecule has 124 valence electrons. The van der Waals surface area contributed by atoms with Crippen LogP contribution in [-0.4, -0.2) is 11.0 Å². The Balaban J connectivity index is 2.11. The van der Waals surface area contributed by atoms with Crippen molar-refractivity contribution in [3.8, 4) is 0 Å². The highest BCUT2D eigenvalue weighted by Gasteiger charge is 2.75. The molecule has 0 aromatic heterocycles. The number of nitro groups is 1. The number of benzene rings is 1. The molecule has 1 aromatic carbocycles. The molecule has 23 heavy (non-hydrogen) atoms. The van der Waals surface area contributed by atoms with Crippen LogP contribution in [0.15, 0.2) is 35.4 Å². The monoisotopic (exact) mass is 333 g/mol. The lowest BCUT2D eigenvalue weighted by Gasteiger charge is -2.43. The van der Waals surface area contributed by atoms with Crippen molar-refractivity contribution in [2.24, 2.45) is 16.2 Å². The Labute approximate surface area is 142 Å². The Morgan fingerprint density at radius 2 is 1.74 bits per heavy atom. The molecule has 2 aliphatic carbocycles. The minimum Gasteiger partial charge on any atom is -0.264 e. The largest absolute Gasteiger partial charge is 0.264 e. The standard InChI is InChI=1S/C19H24ClNO2/c1-12-13(2)19(5)16(21(22)23)11-17(12,3)18(19,4)10-14-6-8-15(20)9-7-14/h6-9,16H,10-11H2,1-5H3/t16-,17-,18+,19-/m0/s1. The molecule has 0 spiro atoms. The molecule has 4 heteroatoms. The topological polar surface area (TPSA) is 43.1 Å². The third-order valence-corrected chi connectivity index (χ3v) is 7.78. The molecule has 0 aliphatic heterocycles. The van der Waals surface area contributed by atoms with Gasteiger partial charge < -0.3 is 0 Å². The highest BCUT2D eigenvalue weighted by Crippen LogP contribution is 2.75. The molecule has 1 saturated carbocycles. The molecule has 0 radical (unpaired) electrons. The summed E-state index contributed by atoms with van der Waals surface area (Å²) in [6.45, 7) is 10.8. The van der Waals surface area contributed by atoms with Crippen LogP contribution in [0.5, 0.6) is 0 Å². The van der Waals surface area contributed by atoms with Gasteiger partial charge in [0.15, 0.2) is 0 Å². The molecular weight excluding hydrogens is 310 g/mol. The summed E-state index contributed by atoms with van der Waals surface area (Å²) in [6.07, 6.45) is 1.46. The summed E-state index contributed by atoms with van der Waals surface area (Å²) in [4.78, 5) is 11.7. The van der Waals surface area contributed by atoms with Crippen LogP contribution in [0.2, 0.25) is 5.02 Å². The summed E-state index contributed by atoms with van der Waals surface area (Å²) in [6, 6.07) is 7.39. The molecule has 2 aliphatic rings. The van der Waals surface area contributed by atoms with Crippen LogP contribution in [0.25, 0.3) is 0 Å². The van der Waals surface area contributed by atoms with Gasteiger partial charge in [0.1, 0.15) is 0 Å². The normalized spacial score (nSPS) is 39.1. The van der Waals surface area contributed by atoms with Crippen molar-refractivity contribution in [3.63, 3.8) is 0 Å². The van der Waals surface area contributed by atoms with Crippen LogP contribution in [0, 0.1) is 26.4 Å². The van der Waals surface area contributed by atoms with E-state index in [2.05, 4.69) is 34.6 Å². The van der Waals surface area contributed by atoms with Gasteiger partial charge in [0.25, 0.3) is 0 Å². The van der Waals surface area contributed by atoms with Crippen molar-refractivity contribution in [1.82, 2.24) is 0 Å². The predicted molar refractivity (Wildman–Crippen MR) is 93.3 cm³/mol. The molecule has 0 heterocycles. The average Bonchev–Trinajstić information content (AvgIpc) is 2.73. The zero-order valence-corrected chi connectivity index (χ0v) is 15.2. The van der Waals surface area contributed by atoms with E-state index in [4.69, 9.17) is 11.6 Å². The van der Waals surface area contributed by atoms with Gasteiger partial charge in [-0.15, -0.1) is 0 Å². The molecule has 0 N–H and O–H groups in total. The first kappa shape index (κ1) is 16.5. The molecule has 3 nitrogen and oxygen atoms in total. The second-order valence-corrected chi connectivity index (χ2v) is 8.36. The quantitative estimate of drug-likeness (QED) is 0.428. The maximum absolute atomic E-state index is 11.7. The molecule has 0 saturated heterocycles. The molecule has 1 aromatic rings. The Hall–Kier alpha value is -1.35. The van der Waals surface area contributed by atoms with E-state index < -0.39 is 11.5 Å². The first-order chi connectivity index (χ1) is 10.6. The number of rotatable bonds is 3. The van der Waals surface area contributed by atoms with E-state index in [-0.39, 0.29) is 15.8 Å². The summed E-state index contributed by atoms with van der Waals surface area (Å²) in [5.41, 5.74) is 3.04. The number of fused-ring (bicyclic) bond motifs is 2. The van der Waals surface area contributed by atoms with Gasteiger partial charge in [0, 0.05) is 21.8 Å². The Morgan fingerprint density at radius 3 is 2.26 bits per heavy atom. The average molecular weight is 334 g/mol. The number of allylic oxidation sites excluding steroid dienone is 1. The van der Waals surface area contributed by atoms with Crippen LogP contribution in [-0.2, 0) is 6.42 Å². The second-order valence-electron chi connectivity index (χ2n) is 7.93. The van der Waals surface area contributed by atoms with Crippen molar-refractivity contribution in [3.05, 3.63) is 56.1 Å². The highest BCUT2D eigenvalue weighted by atomic mass is 35.5. The van der Waals surface area contributed by atoms with Crippen molar-refractivity contribution in [2.75, 3.05) is 0 Å². The molecule has 1 fully saturated rings. The van der Waals surface area contributed by atoms with Crippen LogP contribution < -0.4 is 0 Å². The van der Waals surface area contributed by atoms with Gasteiger partial charge in [0.05, 0.1) is 5.41 Å². The lowest BCUT2D eigenvalue weighted by Crippen LogP contribution is -2.45. The fourth-order valence-electron chi connectivity index (χ4n) is 5.47. The van der Waals surface area contributed by atoms with Gasteiger partial charge >= 0.3 is 0 Å². The first-order valence-corrected chi connectivity index (χ1v) is 8.52. The molecular formula is C19H24ClNO2. The van der Waals surface area contributed by atoms with Crippen molar-refractivity contribution >= 4 is 11.6 Å². The van der Waals surface area contributed by atoms with E-state index >= 15 is 0 Å². The SMILES string of the molecule is CC1=C(C)[C@@]2(C)[C@@H]([N+](=O)[O-])C[C@]1(C)[C@@]2(C)Cc1ccc(Cl)cc1. The highest BCUT2D eigenvalue weighted by molar-refractivity contribution is 6.30. The van der Waals surface area contributed by atoms with Gasteiger partial charge in [0.2, 0.25) is 6.04 Å². The molecule has 4 atom stereocenters. The number of halogens is 1. The lowest BCUT2D eigenvalue weighted by atomic mass is 9.58. The third-order valence-electron chi connectivity index (χ3n) is 7.53.